The van der Waals surface area contributed by atoms with Crippen LogP contribution in [0.15, 0.2) is 6.07 Å². The van der Waals surface area contributed by atoms with E-state index in [1.165, 1.54) is 29.7 Å². The Morgan fingerprint density at radius 2 is 2.20 bits per heavy atom. The zero-order valence-electron chi connectivity index (χ0n) is 9.68. The molecule has 1 aromatic rings. The van der Waals surface area contributed by atoms with E-state index in [0.717, 1.165) is 12.3 Å². The SMILES string of the molecule is CC1CCc2nc(Cl)c(C(C)C)cc2C1. The van der Waals surface area contributed by atoms with Gasteiger partial charge in [0.2, 0.25) is 0 Å². The van der Waals surface area contributed by atoms with E-state index >= 15 is 0 Å². The maximum atomic E-state index is 6.18. The number of fused-ring (bicyclic) bond motifs is 1. The molecule has 0 N–H and O–H groups in total. The predicted octanol–water partition coefficient (Wildman–Crippen LogP) is 3.98. The van der Waals surface area contributed by atoms with Gasteiger partial charge in [-0.15, -0.1) is 0 Å². The molecule has 0 bridgehead atoms. The fourth-order valence-corrected chi connectivity index (χ4v) is 2.62. The van der Waals surface area contributed by atoms with E-state index in [9.17, 15) is 0 Å². The zero-order valence-corrected chi connectivity index (χ0v) is 10.4. The summed E-state index contributed by atoms with van der Waals surface area (Å²) in [6, 6.07) is 2.27. The molecule has 1 aliphatic rings. The van der Waals surface area contributed by atoms with Crippen LogP contribution in [0.5, 0.6) is 0 Å². The molecule has 0 fully saturated rings. The lowest BCUT2D eigenvalue weighted by molar-refractivity contribution is 0.493. The van der Waals surface area contributed by atoms with Gasteiger partial charge in [-0.3, -0.25) is 0 Å². The molecule has 1 nitrogen and oxygen atoms in total. The largest absolute Gasteiger partial charge is 0.241 e. The summed E-state index contributed by atoms with van der Waals surface area (Å²) in [5.41, 5.74) is 3.84. The summed E-state index contributed by atoms with van der Waals surface area (Å²) in [7, 11) is 0. The van der Waals surface area contributed by atoms with E-state index < -0.39 is 0 Å². The second-order valence-electron chi connectivity index (χ2n) is 4.98. The number of aryl methyl sites for hydroxylation is 1. The van der Waals surface area contributed by atoms with Crippen molar-refractivity contribution in [3.63, 3.8) is 0 Å². The fraction of sp³-hybridized carbons (Fsp3) is 0.615. The lowest BCUT2D eigenvalue weighted by Crippen LogP contribution is -2.14. The molecule has 1 aliphatic carbocycles. The van der Waals surface area contributed by atoms with Gasteiger partial charge >= 0.3 is 0 Å². The van der Waals surface area contributed by atoms with Crippen molar-refractivity contribution >= 4 is 11.6 Å². The minimum Gasteiger partial charge on any atom is -0.241 e. The van der Waals surface area contributed by atoms with Crippen molar-refractivity contribution in [3.8, 4) is 0 Å². The Morgan fingerprint density at radius 3 is 2.87 bits per heavy atom. The zero-order chi connectivity index (χ0) is 11.0. The van der Waals surface area contributed by atoms with Gasteiger partial charge in [0.05, 0.1) is 0 Å². The van der Waals surface area contributed by atoms with Gasteiger partial charge in [-0.25, -0.2) is 4.98 Å². The normalized spacial score (nSPS) is 20.5. The topological polar surface area (TPSA) is 12.9 Å². The third-order valence-corrected chi connectivity index (χ3v) is 3.54. The van der Waals surface area contributed by atoms with Gasteiger partial charge in [0.25, 0.3) is 0 Å². The van der Waals surface area contributed by atoms with Crippen LogP contribution in [0.4, 0.5) is 0 Å². The van der Waals surface area contributed by atoms with Crippen molar-refractivity contribution in [1.82, 2.24) is 4.98 Å². The second-order valence-corrected chi connectivity index (χ2v) is 5.33. The van der Waals surface area contributed by atoms with Gasteiger partial charge in [-0.1, -0.05) is 38.4 Å². The smallest absolute Gasteiger partial charge is 0.132 e. The summed E-state index contributed by atoms with van der Waals surface area (Å²) < 4.78 is 0. The van der Waals surface area contributed by atoms with Gasteiger partial charge < -0.3 is 0 Å². The van der Waals surface area contributed by atoms with E-state index in [1.54, 1.807) is 0 Å². The van der Waals surface area contributed by atoms with E-state index in [-0.39, 0.29) is 0 Å². The molecule has 1 unspecified atom stereocenters. The minimum atomic E-state index is 0.465. The van der Waals surface area contributed by atoms with Gasteiger partial charge in [-0.2, -0.15) is 0 Å². The van der Waals surface area contributed by atoms with E-state index in [1.807, 2.05) is 0 Å². The quantitative estimate of drug-likeness (QED) is 0.657. The first-order chi connectivity index (χ1) is 7.08. The van der Waals surface area contributed by atoms with Crippen molar-refractivity contribution in [2.24, 2.45) is 5.92 Å². The number of halogens is 1. The van der Waals surface area contributed by atoms with Crippen LogP contribution in [0.25, 0.3) is 0 Å². The van der Waals surface area contributed by atoms with Crippen LogP contribution in [0.2, 0.25) is 5.15 Å². The predicted molar refractivity (Wildman–Crippen MR) is 64.5 cm³/mol. The molecule has 82 valence electrons. The summed E-state index contributed by atoms with van der Waals surface area (Å²) >= 11 is 6.18. The van der Waals surface area contributed by atoms with Crippen LogP contribution in [0, 0.1) is 5.92 Å². The second kappa shape index (κ2) is 4.13. The Hall–Kier alpha value is -0.560. The maximum absolute atomic E-state index is 6.18. The average Bonchev–Trinajstić information content (AvgIpc) is 2.17. The van der Waals surface area contributed by atoms with Gasteiger partial charge in [0.15, 0.2) is 0 Å². The number of pyridine rings is 1. The highest BCUT2D eigenvalue weighted by Gasteiger charge is 2.19. The Labute approximate surface area is 96.9 Å². The molecule has 0 radical (unpaired) electrons. The third kappa shape index (κ3) is 2.17. The molecule has 15 heavy (non-hydrogen) atoms. The maximum Gasteiger partial charge on any atom is 0.132 e. The van der Waals surface area contributed by atoms with Crippen LogP contribution >= 0.6 is 11.6 Å². The minimum absolute atomic E-state index is 0.465. The van der Waals surface area contributed by atoms with E-state index in [2.05, 4.69) is 31.8 Å². The molecular weight excluding hydrogens is 206 g/mol. The summed E-state index contributed by atoms with van der Waals surface area (Å²) in [5.74, 6) is 1.26. The number of aromatic nitrogens is 1. The number of hydrogen-bond donors (Lipinski definition) is 0. The highest BCUT2D eigenvalue weighted by Crippen LogP contribution is 2.30. The molecule has 1 aromatic heterocycles. The molecule has 0 saturated heterocycles. The van der Waals surface area contributed by atoms with Gasteiger partial charge in [-0.05, 0) is 42.2 Å². The third-order valence-electron chi connectivity index (χ3n) is 3.24. The first-order valence-electron chi connectivity index (χ1n) is 5.76. The molecule has 0 aromatic carbocycles. The van der Waals surface area contributed by atoms with Crippen molar-refractivity contribution in [2.75, 3.05) is 0 Å². The first kappa shape index (κ1) is 10.9. The average molecular weight is 224 g/mol. The van der Waals surface area contributed by atoms with Gasteiger partial charge in [0, 0.05) is 5.69 Å². The molecule has 1 atom stereocenters. The summed E-state index contributed by atoms with van der Waals surface area (Å²) in [4.78, 5) is 4.53. The summed E-state index contributed by atoms with van der Waals surface area (Å²) in [6.07, 6.45) is 3.51. The number of nitrogens with zero attached hydrogens (tertiary/aromatic N) is 1. The Kier molecular flexibility index (Phi) is 3.01. The summed E-state index contributed by atoms with van der Waals surface area (Å²) in [5, 5.41) is 0.707. The van der Waals surface area contributed by atoms with Crippen molar-refractivity contribution < 1.29 is 0 Å². The van der Waals surface area contributed by atoms with Crippen LogP contribution in [0.3, 0.4) is 0 Å². The Balaban J connectivity index is 2.42. The molecule has 0 saturated carbocycles. The first-order valence-corrected chi connectivity index (χ1v) is 6.14. The summed E-state index contributed by atoms with van der Waals surface area (Å²) in [6.45, 7) is 6.65. The fourth-order valence-electron chi connectivity index (χ4n) is 2.24. The molecular formula is C13H18ClN. The van der Waals surface area contributed by atoms with Crippen molar-refractivity contribution in [1.29, 1.82) is 0 Å². The highest BCUT2D eigenvalue weighted by atomic mass is 35.5. The molecule has 0 amide bonds. The van der Waals surface area contributed by atoms with Gasteiger partial charge in [0.1, 0.15) is 5.15 Å². The van der Waals surface area contributed by atoms with Crippen LogP contribution < -0.4 is 0 Å². The lowest BCUT2D eigenvalue weighted by Gasteiger charge is -2.22. The van der Waals surface area contributed by atoms with Crippen LogP contribution in [0.1, 0.15) is 49.9 Å². The number of hydrogen-bond acceptors (Lipinski definition) is 1. The van der Waals surface area contributed by atoms with Crippen LogP contribution in [-0.2, 0) is 12.8 Å². The standard InChI is InChI=1S/C13H18ClN/c1-8(2)11-7-10-6-9(3)4-5-12(10)15-13(11)14/h7-9H,4-6H2,1-3H3. The van der Waals surface area contributed by atoms with Crippen molar-refractivity contribution in [2.45, 2.75) is 46.0 Å². The Bertz CT molecular complexity index is 371. The van der Waals surface area contributed by atoms with E-state index in [4.69, 9.17) is 11.6 Å². The monoisotopic (exact) mass is 223 g/mol. The van der Waals surface area contributed by atoms with E-state index in [0.29, 0.717) is 11.1 Å². The molecule has 0 spiro atoms. The molecule has 1 heterocycles. The number of rotatable bonds is 1. The molecule has 2 rings (SSSR count). The molecule has 0 aliphatic heterocycles. The van der Waals surface area contributed by atoms with Crippen LogP contribution in [-0.4, -0.2) is 4.98 Å². The Morgan fingerprint density at radius 1 is 1.47 bits per heavy atom. The molecule has 2 heteroatoms. The lowest BCUT2D eigenvalue weighted by atomic mass is 9.86. The highest BCUT2D eigenvalue weighted by molar-refractivity contribution is 6.30. The van der Waals surface area contributed by atoms with Crippen molar-refractivity contribution in [3.05, 3.63) is 28.0 Å².